The lowest BCUT2D eigenvalue weighted by molar-refractivity contribution is -0.193. The molecule has 4 rings (SSSR count). The Bertz CT molecular complexity index is 1180. The van der Waals surface area contributed by atoms with Crippen molar-refractivity contribution in [1.82, 2.24) is 14.9 Å². The van der Waals surface area contributed by atoms with Crippen LogP contribution >= 0.6 is 0 Å². The first-order chi connectivity index (χ1) is 21.2. The molecular formula is C26H28F9N3O8. The van der Waals surface area contributed by atoms with E-state index in [0.717, 1.165) is 51.3 Å². The molecule has 2 atom stereocenters. The number of carboxylic acid groups (broad SMARTS) is 3. The van der Waals surface area contributed by atoms with Gasteiger partial charge in [-0.1, -0.05) is 0 Å². The Balaban J connectivity index is 0.000000413. The number of ether oxygens (including phenoxy) is 2. The Morgan fingerprint density at radius 1 is 0.870 bits per heavy atom. The fourth-order valence-electron chi connectivity index (χ4n) is 4.13. The minimum Gasteiger partial charge on any atom is -0.491 e. The van der Waals surface area contributed by atoms with Gasteiger partial charge in [0.2, 0.25) is 0 Å². The van der Waals surface area contributed by atoms with Crippen LogP contribution in [0.1, 0.15) is 24.8 Å². The Kier molecular flexibility index (Phi) is 15.1. The number of halogens is 9. The van der Waals surface area contributed by atoms with Crippen molar-refractivity contribution >= 4 is 17.9 Å². The third kappa shape index (κ3) is 14.7. The van der Waals surface area contributed by atoms with Gasteiger partial charge >= 0.3 is 36.4 Å². The van der Waals surface area contributed by atoms with Crippen molar-refractivity contribution in [1.29, 1.82) is 0 Å². The highest BCUT2D eigenvalue weighted by molar-refractivity contribution is 5.73. The first-order valence-electron chi connectivity index (χ1n) is 12.8. The van der Waals surface area contributed by atoms with Gasteiger partial charge in [0.25, 0.3) is 0 Å². The number of aliphatic carboxylic acids is 3. The van der Waals surface area contributed by atoms with Crippen LogP contribution < -0.4 is 4.74 Å². The normalized spacial score (nSPS) is 19.7. The Labute approximate surface area is 254 Å². The number of fused-ring (bicyclic) bond motifs is 1. The van der Waals surface area contributed by atoms with Gasteiger partial charge in [-0.15, -0.1) is 0 Å². The molecule has 2 saturated heterocycles. The van der Waals surface area contributed by atoms with Crippen molar-refractivity contribution in [2.75, 3.05) is 26.3 Å². The van der Waals surface area contributed by atoms with E-state index >= 15 is 0 Å². The maximum absolute atomic E-state index is 10.6. The van der Waals surface area contributed by atoms with E-state index < -0.39 is 36.4 Å². The van der Waals surface area contributed by atoms with Crippen LogP contribution in [0.5, 0.6) is 5.75 Å². The molecule has 0 amide bonds. The highest BCUT2D eigenvalue weighted by Gasteiger charge is 2.46. The number of aromatic nitrogens is 2. The highest BCUT2D eigenvalue weighted by Crippen LogP contribution is 2.41. The molecule has 0 bridgehead atoms. The van der Waals surface area contributed by atoms with E-state index in [1.807, 2.05) is 24.5 Å². The molecule has 3 N–H and O–H groups in total. The number of carbonyl (C=O) groups is 3. The first kappa shape index (κ1) is 39.8. The molecule has 2 fully saturated rings. The van der Waals surface area contributed by atoms with E-state index in [1.165, 1.54) is 5.56 Å². The lowest BCUT2D eigenvalue weighted by atomic mass is 9.73. The zero-order chi connectivity index (χ0) is 35.2. The standard InChI is InChI=1S/C20H25N3O2.3C2HF3O2/c1-3-18(13-22-8-1)25-16-20-7-2-12-24-19(20)6-11-23(15-20)14-17-4-9-21-10-5-17;3*3-2(4,5)1(6)7/h1,3-5,8-10,13,19H,2,6-7,11-12,14-16H2;3*(H,6,7). The lowest BCUT2D eigenvalue weighted by Crippen LogP contribution is -2.57. The molecule has 0 saturated carbocycles. The van der Waals surface area contributed by atoms with Gasteiger partial charge in [0.15, 0.2) is 0 Å². The summed E-state index contributed by atoms with van der Waals surface area (Å²) in [6.07, 6.45) is -4.32. The molecule has 2 aromatic rings. The summed E-state index contributed by atoms with van der Waals surface area (Å²) in [5.41, 5.74) is 1.38. The largest absolute Gasteiger partial charge is 0.491 e. The number of carboxylic acids is 3. The fraction of sp³-hybridized carbons (Fsp3) is 0.500. The SMILES string of the molecule is O=C(O)C(F)(F)F.O=C(O)C(F)(F)F.O=C(O)C(F)(F)F.c1cncc(OCC23CCCOC2CCN(Cc2ccncc2)C3)c1. The van der Waals surface area contributed by atoms with E-state index in [4.69, 9.17) is 39.2 Å². The molecule has 258 valence electrons. The number of hydrogen-bond acceptors (Lipinski definition) is 8. The van der Waals surface area contributed by atoms with Crippen LogP contribution in [0.3, 0.4) is 0 Å². The van der Waals surface area contributed by atoms with Crippen molar-refractivity contribution in [3.63, 3.8) is 0 Å². The maximum Gasteiger partial charge on any atom is 0.490 e. The predicted octanol–water partition coefficient (Wildman–Crippen LogP) is 4.83. The number of rotatable bonds is 5. The molecule has 20 heteroatoms. The van der Waals surface area contributed by atoms with E-state index in [9.17, 15) is 39.5 Å². The average molecular weight is 682 g/mol. The summed E-state index contributed by atoms with van der Waals surface area (Å²) >= 11 is 0. The van der Waals surface area contributed by atoms with Crippen LogP contribution in [0.15, 0.2) is 49.1 Å². The van der Waals surface area contributed by atoms with Gasteiger partial charge < -0.3 is 24.8 Å². The molecule has 11 nitrogen and oxygen atoms in total. The van der Waals surface area contributed by atoms with Crippen molar-refractivity contribution < 1.29 is 78.7 Å². The zero-order valence-electron chi connectivity index (χ0n) is 23.5. The van der Waals surface area contributed by atoms with E-state index in [1.54, 1.807) is 12.4 Å². The summed E-state index contributed by atoms with van der Waals surface area (Å²) in [5, 5.41) is 21.4. The molecule has 0 aliphatic carbocycles. The van der Waals surface area contributed by atoms with Crippen LogP contribution in [-0.2, 0) is 25.7 Å². The Morgan fingerprint density at radius 3 is 1.85 bits per heavy atom. The molecule has 2 unspecified atom stereocenters. The molecule has 0 spiro atoms. The molecule has 2 aliphatic rings. The van der Waals surface area contributed by atoms with Gasteiger partial charge in [0.1, 0.15) is 5.75 Å². The summed E-state index contributed by atoms with van der Waals surface area (Å²) in [7, 11) is 0. The summed E-state index contributed by atoms with van der Waals surface area (Å²) < 4.78 is 107. The third-order valence-corrected chi connectivity index (χ3v) is 6.11. The monoisotopic (exact) mass is 681 g/mol. The number of alkyl halides is 9. The number of likely N-dealkylation sites (tertiary alicyclic amines) is 1. The number of hydrogen-bond donors (Lipinski definition) is 3. The topological polar surface area (TPSA) is 159 Å². The molecule has 0 aromatic carbocycles. The summed E-state index contributed by atoms with van der Waals surface area (Å²) in [6.45, 7) is 4.62. The zero-order valence-corrected chi connectivity index (χ0v) is 23.5. The van der Waals surface area contributed by atoms with Crippen molar-refractivity contribution in [3.05, 3.63) is 54.6 Å². The van der Waals surface area contributed by atoms with Crippen LogP contribution in [0.2, 0.25) is 0 Å². The van der Waals surface area contributed by atoms with E-state index in [-0.39, 0.29) is 5.41 Å². The van der Waals surface area contributed by atoms with Gasteiger partial charge in [-0.2, -0.15) is 39.5 Å². The van der Waals surface area contributed by atoms with Gasteiger partial charge in [0.05, 0.1) is 18.9 Å². The maximum atomic E-state index is 10.6. The molecule has 0 radical (unpaired) electrons. The first-order valence-corrected chi connectivity index (χ1v) is 12.8. The number of pyridine rings is 2. The van der Waals surface area contributed by atoms with Crippen LogP contribution in [-0.4, -0.2) is 99.0 Å². The molecular weight excluding hydrogens is 653 g/mol. The van der Waals surface area contributed by atoms with Gasteiger partial charge in [-0.25, -0.2) is 14.4 Å². The second-order valence-electron chi connectivity index (χ2n) is 9.57. The van der Waals surface area contributed by atoms with Crippen molar-refractivity contribution in [2.45, 2.75) is 50.4 Å². The fourth-order valence-corrected chi connectivity index (χ4v) is 4.13. The van der Waals surface area contributed by atoms with Crippen LogP contribution in [0, 0.1) is 5.41 Å². The predicted molar refractivity (Wildman–Crippen MR) is 136 cm³/mol. The molecule has 4 heterocycles. The van der Waals surface area contributed by atoms with Gasteiger partial charge in [-0.3, -0.25) is 14.9 Å². The molecule has 2 aromatic heterocycles. The summed E-state index contributed by atoms with van der Waals surface area (Å²) in [4.78, 5) is 37.5. The number of nitrogens with zero attached hydrogens (tertiary/aromatic N) is 3. The molecule has 2 aliphatic heterocycles. The van der Waals surface area contributed by atoms with Gasteiger partial charge in [0, 0.05) is 50.2 Å². The minimum absolute atomic E-state index is 0.0688. The third-order valence-electron chi connectivity index (χ3n) is 6.11. The van der Waals surface area contributed by atoms with E-state index in [2.05, 4.69) is 27.0 Å². The van der Waals surface area contributed by atoms with E-state index in [0.29, 0.717) is 12.7 Å². The van der Waals surface area contributed by atoms with Crippen LogP contribution in [0.4, 0.5) is 39.5 Å². The summed E-state index contributed by atoms with van der Waals surface area (Å²) in [5.74, 6) is -7.43. The summed E-state index contributed by atoms with van der Waals surface area (Å²) in [6, 6.07) is 8.09. The second kappa shape index (κ2) is 17.5. The Hall–Kier alpha value is -4.20. The number of piperidine rings is 1. The minimum atomic E-state index is -5.08. The smallest absolute Gasteiger partial charge is 0.490 e. The average Bonchev–Trinajstić information content (AvgIpc) is 2.96. The molecule has 46 heavy (non-hydrogen) atoms. The second-order valence-corrected chi connectivity index (χ2v) is 9.57. The van der Waals surface area contributed by atoms with Crippen molar-refractivity contribution in [3.8, 4) is 5.75 Å². The lowest BCUT2D eigenvalue weighted by Gasteiger charge is -2.50. The Morgan fingerprint density at radius 2 is 1.39 bits per heavy atom. The van der Waals surface area contributed by atoms with Gasteiger partial charge in [-0.05, 0) is 49.1 Å². The highest BCUT2D eigenvalue weighted by atomic mass is 19.4. The van der Waals surface area contributed by atoms with Crippen molar-refractivity contribution in [2.24, 2.45) is 5.41 Å². The van der Waals surface area contributed by atoms with Crippen LogP contribution in [0.25, 0.3) is 0 Å². The quantitative estimate of drug-likeness (QED) is 0.371.